The molecule has 0 saturated carbocycles. The van der Waals surface area contributed by atoms with Gasteiger partial charge in [-0.25, -0.2) is 0 Å². The van der Waals surface area contributed by atoms with Crippen LogP contribution in [0.1, 0.15) is 20.3 Å². The van der Waals surface area contributed by atoms with Gasteiger partial charge in [-0.2, -0.15) is 0 Å². The van der Waals surface area contributed by atoms with Crippen LogP contribution in [0.25, 0.3) is 0 Å². The Kier molecular flexibility index (Phi) is 8.99. The number of hydrogen-bond acceptors (Lipinski definition) is 5. The Morgan fingerprint density at radius 1 is 1.21 bits per heavy atom. The van der Waals surface area contributed by atoms with E-state index in [4.69, 9.17) is 14.2 Å². The highest BCUT2D eigenvalue weighted by Gasteiger charge is 2.24. The lowest BCUT2D eigenvalue weighted by atomic mass is 10.0. The fourth-order valence-electron chi connectivity index (χ4n) is 2.08. The Hall–Kier alpha value is -0.490. The maximum absolute atomic E-state index is 12.1. The summed E-state index contributed by atoms with van der Waals surface area (Å²) in [6.07, 6.45) is 0.865. The molecule has 0 radical (unpaired) electrons. The van der Waals surface area contributed by atoms with Gasteiger partial charge in [0.25, 0.3) is 0 Å². The van der Waals surface area contributed by atoms with E-state index in [-0.39, 0.29) is 11.7 Å². The van der Waals surface area contributed by atoms with E-state index < -0.39 is 0 Å². The highest BCUT2D eigenvalue weighted by Crippen LogP contribution is 2.13. The Labute approximate surface area is 116 Å². The van der Waals surface area contributed by atoms with E-state index in [1.165, 1.54) is 0 Å². The van der Waals surface area contributed by atoms with Crippen molar-refractivity contribution in [3.63, 3.8) is 0 Å². The second-order valence-electron chi connectivity index (χ2n) is 4.70. The molecule has 5 nitrogen and oxygen atoms in total. The van der Waals surface area contributed by atoms with Gasteiger partial charge in [0.2, 0.25) is 0 Å². The fourth-order valence-corrected chi connectivity index (χ4v) is 2.08. The number of rotatable bonds is 11. The topological polar surface area (TPSA) is 48.0 Å². The van der Waals surface area contributed by atoms with Crippen LogP contribution in [-0.2, 0) is 19.0 Å². The second-order valence-corrected chi connectivity index (χ2v) is 4.70. The van der Waals surface area contributed by atoms with Crippen LogP contribution in [0.5, 0.6) is 0 Å². The number of Topliss-reactive ketones (excluding diaryl/α,β-unsaturated/α-hetero) is 1. The highest BCUT2D eigenvalue weighted by molar-refractivity contribution is 5.83. The maximum atomic E-state index is 12.1. The molecule has 0 spiro atoms. The second kappa shape index (κ2) is 10.3. The van der Waals surface area contributed by atoms with Crippen LogP contribution < -0.4 is 0 Å². The van der Waals surface area contributed by atoms with Crippen LogP contribution in [0.2, 0.25) is 0 Å². The van der Waals surface area contributed by atoms with Crippen molar-refractivity contribution in [1.82, 2.24) is 4.90 Å². The summed E-state index contributed by atoms with van der Waals surface area (Å²) in [5.74, 6) is 0.368. The molecule has 112 valence electrons. The Morgan fingerprint density at radius 3 is 2.32 bits per heavy atom. The molecule has 1 saturated heterocycles. The molecule has 1 fully saturated rings. The minimum absolute atomic E-state index is 0.0849. The Bertz CT molecular complexity index is 232. The predicted molar refractivity (Wildman–Crippen MR) is 73.4 cm³/mol. The van der Waals surface area contributed by atoms with Gasteiger partial charge < -0.3 is 14.2 Å². The molecule has 1 aliphatic heterocycles. The van der Waals surface area contributed by atoms with E-state index in [2.05, 4.69) is 4.90 Å². The minimum atomic E-state index is 0.0849. The molecule has 1 aliphatic rings. The lowest BCUT2D eigenvalue weighted by Crippen LogP contribution is -2.38. The molecular formula is C14H27NO4. The van der Waals surface area contributed by atoms with Crippen molar-refractivity contribution in [2.75, 3.05) is 59.3 Å². The standard InChI is InChI=1S/C14H27NO4/c1-3-17-9-6-15(7-10-18-4-2)11-14(16)13-5-8-19-12-13/h13H,3-12H2,1-2H3. The number of carbonyl (C=O) groups excluding carboxylic acids is 1. The van der Waals surface area contributed by atoms with Crippen LogP contribution in [0.4, 0.5) is 0 Å². The average Bonchev–Trinajstić information content (AvgIpc) is 2.93. The van der Waals surface area contributed by atoms with Crippen molar-refractivity contribution in [3.05, 3.63) is 0 Å². The summed E-state index contributed by atoms with van der Waals surface area (Å²) in [6, 6.07) is 0. The lowest BCUT2D eigenvalue weighted by molar-refractivity contribution is -0.124. The van der Waals surface area contributed by atoms with Crippen molar-refractivity contribution < 1.29 is 19.0 Å². The monoisotopic (exact) mass is 273 g/mol. The van der Waals surface area contributed by atoms with Crippen LogP contribution >= 0.6 is 0 Å². The number of nitrogens with zero attached hydrogens (tertiary/aromatic N) is 1. The van der Waals surface area contributed by atoms with Gasteiger partial charge in [-0.15, -0.1) is 0 Å². The molecule has 0 aromatic carbocycles. The van der Waals surface area contributed by atoms with Crippen molar-refractivity contribution in [1.29, 1.82) is 0 Å². The average molecular weight is 273 g/mol. The highest BCUT2D eigenvalue weighted by atomic mass is 16.5. The van der Waals surface area contributed by atoms with E-state index in [1.54, 1.807) is 0 Å². The quantitative estimate of drug-likeness (QED) is 0.525. The zero-order valence-corrected chi connectivity index (χ0v) is 12.2. The molecule has 0 bridgehead atoms. The first-order valence-electron chi connectivity index (χ1n) is 7.26. The van der Waals surface area contributed by atoms with E-state index in [0.717, 1.165) is 19.5 Å². The van der Waals surface area contributed by atoms with E-state index >= 15 is 0 Å². The minimum Gasteiger partial charge on any atom is -0.381 e. The third-order valence-corrected chi connectivity index (χ3v) is 3.28. The molecule has 1 rings (SSSR count). The first-order chi connectivity index (χ1) is 9.27. The Balaban J connectivity index is 2.30. The largest absolute Gasteiger partial charge is 0.381 e. The number of ether oxygens (including phenoxy) is 3. The predicted octanol–water partition coefficient (Wildman–Crippen LogP) is 0.967. The smallest absolute Gasteiger partial charge is 0.152 e. The molecule has 5 heteroatoms. The van der Waals surface area contributed by atoms with Crippen LogP contribution in [0.3, 0.4) is 0 Å². The van der Waals surface area contributed by atoms with Crippen molar-refractivity contribution in [2.24, 2.45) is 5.92 Å². The van der Waals surface area contributed by atoms with Gasteiger partial charge in [0.05, 0.1) is 26.4 Å². The zero-order chi connectivity index (χ0) is 13.9. The summed E-state index contributed by atoms with van der Waals surface area (Å²) in [4.78, 5) is 14.2. The lowest BCUT2D eigenvalue weighted by Gasteiger charge is -2.22. The Morgan fingerprint density at radius 2 is 1.84 bits per heavy atom. The van der Waals surface area contributed by atoms with E-state index in [9.17, 15) is 4.79 Å². The number of carbonyl (C=O) groups is 1. The van der Waals surface area contributed by atoms with Gasteiger partial charge in [-0.3, -0.25) is 9.69 Å². The van der Waals surface area contributed by atoms with Gasteiger partial charge in [-0.1, -0.05) is 0 Å². The third kappa shape index (κ3) is 7.01. The SMILES string of the molecule is CCOCCN(CCOCC)CC(=O)C1CCOC1. The number of hydrogen-bond donors (Lipinski definition) is 0. The molecule has 0 aromatic rings. The summed E-state index contributed by atoms with van der Waals surface area (Å²) < 4.78 is 16.0. The van der Waals surface area contributed by atoms with Gasteiger partial charge in [-0.05, 0) is 20.3 Å². The van der Waals surface area contributed by atoms with Crippen LogP contribution in [0, 0.1) is 5.92 Å². The molecule has 0 aliphatic carbocycles. The fraction of sp³-hybridized carbons (Fsp3) is 0.929. The summed E-state index contributed by atoms with van der Waals surface area (Å²) in [6.45, 7) is 10.0. The third-order valence-electron chi connectivity index (χ3n) is 3.28. The molecular weight excluding hydrogens is 246 g/mol. The van der Waals surface area contributed by atoms with Crippen LogP contribution in [-0.4, -0.2) is 70.0 Å². The summed E-state index contributed by atoms with van der Waals surface area (Å²) in [5.41, 5.74) is 0. The zero-order valence-electron chi connectivity index (χ0n) is 12.2. The first-order valence-corrected chi connectivity index (χ1v) is 7.26. The van der Waals surface area contributed by atoms with Gasteiger partial charge in [0.1, 0.15) is 0 Å². The summed E-state index contributed by atoms with van der Waals surface area (Å²) in [7, 11) is 0. The molecule has 1 unspecified atom stereocenters. The normalized spacial score (nSPS) is 19.2. The van der Waals surface area contributed by atoms with E-state index in [0.29, 0.717) is 46.2 Å². The number of ketones is 1. The molecule has 19 heavy (non-hydrogen) atoms. The van der Waals surface area contributed by atoms with Crippen molar-refractivity contribution in [2.45, 2.75) is 20.3 Å². The van der Waals surface area contributed by atoms with Crippen molar-refractivity contribution in [3.8, 4) is 0 Å². The van der Waals surface area contributed by atoms with Crippen molar-refractivity contribution >= 4 is 5.78 Å². The van der Waals surface area contributed by atoms with Gasteiger partial charge >= 0.3 is 0 Å². The first kappa shape index (κ1) is 16.6. The molecule has 1 heterocycles. The van der Waals surface area contributed by atoms with Gasteiger partial charge in [0, 0.05) is 38.8 Å². The molecule has 0 aromatic heterocycles. The molecule has 0 amide bonds. The maximum Gasteiger partial charge on any atom is 0.152 e. The molecule has 0 N–H and O–H groups in total. The van der Waals surface area contributed by atoms with E-state index in [1.807, 2.05) is 13.8 Å². The molecule has 1 atom stereocenters. The van der Waals surface area contributed by atoms with Crippen LogP contribution in [0.15, 0.2) is 0 Å². The summed E-state index contributed by atoms with van der Waals surface area (Å²) >= 11 is 0. The van der Waals surface area contributed by atoms with Gasteiger partial charge in [0.15, 0.2) is 5.78 Å². The summed E-state index contributed by atoms with van der Waals surface area (Å²) in [5, 5.41) is 0.